The van der Waals surface area contributed by atoms with E-state index in [4.69, 9.17) is 11.6 Å². The van der Waals surface area contributed by atoms with Crippen molar-refractivity contribution in [3.05, 3.63) is 52.8 Å². The molecule has 19 heavy (non-hydrogen) atoms. The first kappa shape index (κ1) is 13.8. The van der Waals surface area contributed by atoms with E-state index in [1.54, 1.807) is 0 Å². The molecular formula is C14H17ClN4. The van der Waals surface area contributed by atoms with Gasteiger partial charge in [0.05, 0.1) is 0 Å². The lowest BCUT2D eigenvalue weighted by Crippen LogP contribution is -2.15. The Morgan fingerprint density at radius 3 is 2.42 bits per heavy atom. The van der Waals surface area contributed by atoms with Gasteiger partial charge in [-0.15, -0.1) is 0 Å². The van der Waals surface area contributed by atoms with Crippen LogP contribution in [0.5, 0.6) is 0 Å². The van der Waals surface area contributed by atoms with Crippen LogP contribution >= 0.6 is 11.6 Å². The highest BCUT2D eigenvalue weighted by atomic mass is 35.5. The van der Waals surface area contributed by atoms with Crippen LogP contribution in [0.15, 0.2) is 36.7 Å². The Bertz CT molecular complexity index is 525. The summed E-state index contributed by atoms with van der Waals surface area (Å²) in [6, 6.07) is 7.83. The second-order valence-corrected chi connectivity index (χ2v) is 4.96. The Labute approximate surface area is 118 Å². The van der Waals surface area contributed by atoms with Gasteiger partial charge < -0.3 is 10.2 Å². The zero-order valence-corrected chi connectivity index (χ0v) is 11.9. The molecule has 1 heterocycles. The van der Waals surface area contributed by atoms with E-state index in [2.05, 4.69) is 15.3 Å². The molecule has 0 spiro atoms. The summed E-state index contributed by atoms with van der Waals surface area (Å²) < 4.78 is 0. The molecule has 0 aliphatic carbocycles. The first-order valence-electron chi connectivity index (χ1n) is 6.08. The van der Waals surface area contributed by atoms with Crippen LogP contribution in [-0.4, -0.2) is 24.1 Å². The third-order valence-corrected chi connectivity index (χ3v) is 2.87. The standard InChI is InChI=1S/C14H17ClN4/c1-19(2)14-17-9-12(10-18-14)8-16-7-11-4-3-5-13(15)6-11/h3-6,9-10,16H,7-8H2,1-2H3. The van der Waals surface area contributed by atoms with Crippen molar-refractivity contribution in [3.63, 3.8) is 0 Å². The van der Waals surface area contributed by atoms with Crippen molar-refractivity contribution in [2.75, 3.05) is 19.0 Å². The van der Waals surface area contributed by atoms with E-state index < -0.39 is 0 Å². The molecule has 1 N–H and O–H groups in total. The number of hydrogen-bond donors (Lipinski definition) is 1. The Morgan fingerprint density at radius 2 is 1.79 bits per heavy atom. The van der Waals surface area contributed by atoms with E-state index in [-0.39, 0.29) is 0 Å². The van der Waals surface area contributed by atoms with Gasteiger partial charge in [0.2, 0.25) is 5.95 Å². The monoisotopic (exact) mass is 276 g/mol. The molecule has 0 fully saturated rings. The summed E-state index contributed by atoms with van der Waals surface area (Å²) in [7, 11) is 3.85. The fourth-order valence-corrected chi connectivity index (χ4v) is 1.88. The third kappa shape index (κ3) is 4.19. The molecule has 5 heteroatoms. The Kier molecular flexibility index (Phi) is 4.71. The fraction of sp³-hybridized carbons (Fsp3) is 0.286. The highest BCUT2D eigenvalue weighted by molar-refractivity contribution is 6.30. The second kappa shape index (κ2) is 6.50. The van der Waals surface area contributed by atoms with Crippen LogP contribution in [-0.2, 0) is 13.1 Å². The van der Waals surface area contributed by atoms with E-state index in [9.17, 15) is 0 Å². The Morgan fingerprint density at radius 1 is 1.11 bits per heavy atom. The molecule has 0 unspecified atom stereocenters. The molecule has 0 saturated heterocycles. The highest BCUT2D eigenvalue weighted by Gasteiger charge is 1.99. The fourth-order valence-electron chi connectivity index (χ4n) is 1.67. The number of anilines is 1. The van der Waals surface area contributed by atoms with E-state index in [1.807, 2.05) is 55.7 Å². The maximum atomic E-state index is 5.94. The first-order chi connectivity index (χ1) is 9.15. The van der Waals surface area contributed by atoms with Crippen molar-refractivity contribution in [2.45, 2.75) is 13.1 Å². The van der Waals surface area contributed by atoms with Crippen molar-refractivity contribution in [3.8, 4) is 0 Å². The summed E-state index contributed by atoms with van der Waals surface area (Å²) in [6.45, 7) is 1.51. The first-order valence-corrected chi connectivity index (χ1v) is 6.46. The summed E-state index contributed by atoms with van der Waals surface area (Å²) in [5.41, 5.74) is 2.23. The molecular weight excluding hydrogens is 260 g/mol. The lowest BCUT2D eigenvalue weighted by atomic mass is 10.2. The molecule has 2 rings (SSSR count). The van der Waals surface area contributed by atoms with Gasteiger partial charge in [-0.05, 0) is 17.7 Å². The van der Waals surface area contributed by atoms with Crippen molar-refractivity contribution in [2.24, 2.45) is 0 Å². The molecule has 0 aliphatic heterocycles. The molecule has 0 bridgehead atoms. The summed E-state index contributed by atoms with van der Waals surface area (Å²) in [6.07, 6.45) is 3.68. The smallest absolute Gasteiger partial charge is 0.224 e. The van der Waals surface area contributed by atoms with Crippen molar-refractivity contribution >= 4 is 17.5 Å². The maximum absolute atomic E-state index is 5.94. The van der Waals surface area contributed by atoms with Crippen LogP contribution in [0.25, 0.3) is 0 Å². The van der Waals surface area contributed by atoms with E-state index in [0.29, 0.717) is 0 Å². The van der Waals surface area contributed by atoms with E-state index in [1.165, 1.54) is 5.56 Å². The number of nitrogens with zero attached hydrogens (tertiary/aromatic N) is 3. The van der Waals surface area contributed by atoms with Gasteiger partial charge in [-0.25, -0.2) is 9.97 Å². The zero-order chi connectivity index (χ0) is 13.7. The molecule has 0 saturated carbocycles. The van der Waals surface area contributed by atoms with Gasteiger partial charge in [0.15, 0.2) is 0 Å². The van der Waals surface area contributed by atoms with Crippen LogP contribution in [0.2, 0.25) is 5.02 Å². The lowest BCUT2D eigenvalue weighted by molar-refractivity contribution is 0.688. The summed E-state index contributed by atoms with van der Waals surface area (Å²) in [5.74, 6) is 0.721. The van der Waals surface area contributed by atoms with Crippen LogP contribution < -0.4 is 10.2 Å². The maximum Gasteiger partial charge on any atom is 0.224 e. The average Bonchev–Trinajstić information content (AvgIpc) is 2.39. The number of benzene rings is 1. The molecule has 0 amide bonds. The largest absolute Gasteiger partial charge is 0.347 e. The average molecular weight is 277 g/mol. The number of hydrogen-bond acceptors (Lipinski definition) is 4. The molecule has 0 atom stereocenters. The van der Waals surface area contributed by atoms with Gasteiger partial charge in [0.25, 0.3) is 0 Å². The van der Waals surface area contributed by atoms with Gasteiger partial charge in [-0.3, -0.25) is 0 Å². The van der Waals surface area contributed by atoms with Gasteiger partial charge in [-0.1, -0.05) is 23.7 Å². The number of nitrogens with one attached hydrogen (secondary N) is 1. The minimum Gasteiger partial charge on any atom is -0.347 e. The molecule has 2 aromatic rings. The van der Waals surface area contributed by atoms with Crippen LogP contribution in [0.3, 0.4) is 0 Å². The number of rotatable bonds is 5. The highest BCUT2D eigenvalue weighted by Crippen LogP contribution is 2.10. The third-order valence-electron chi connectivity index (χ3n) is 2.64. The number of aromatic nitrogens is 2. The predicted octanol–water partition coefficient (Wildman–Crippen LogP) is 2.49. The Hall–Kier alpha value is -1.65. The quantitative estimate of drug-likeness (QED) is 0.911. The SMILES string of the molecule is CN(C)c1ncc(CNCc2cccc(Cl)c2)cn1. The van der Waals surface area contributed by atoms with Crippen molar-refractivity contribution in [1.82, 2.24) is 15.3 Å². The second-order valence-electron chi connectivity index (χ2n) is 4.52. The zero-order valence-electron chi connectivity index (χ0n) is 11.1. The number of halogens is 1. The minimum absolute atomic E-state index is 0.721. The molecule has 1 aromatic heterocycles. The van der Waals surface area contributed by atoms with Gasteiger partial charge >= 0.3 is 0 Å². The van der Waals surface area contributed by atoms with Gasteiger partial charge in [0, 0.05) is 50.2 Å². The molecule has 4 nitrogen and oxygen atoms in total. The Balaban J connectivity index is 1.85. The van der Waals surface area contributed by atoms with Crippen LogP contribution in [0, 0.1) is 0 Å². The molecule has 100 valence electrons. The van der Waals surface area contributed by atoms with Gasteiger partial charge in [-0.2, -0.15) is 0 Å². The van der Waals surface area contributed by atoms with Crippen molar-refractivity contribution in [1.29, 1.82) is 0 Å². The van der Waals surface area contributed by atoms with Crippen molar-refractivity contribution < 1.29 is 0 Å². The van der Waals surface area contributed by atoms with Crippen LogP contribution in [0.4, 0.5) is 5.95 Å². The van der Waals surface area contributed by atoms with E-state index >= 15 is 0 Å². The summed E-state index contributed by atoms with van der Waals surface area (Å²) in [5, 5.41) is 4.10. The summed E-state index contributed by atoms with van der Waals surface area (Å²) >= 11 is 5.94. The molecule has 1 aromatic carbocycles. The topological polar surface area (TPSA) is 41.1 Å². The normalized spacial score (nSPS) is 10.5. The molecule has 0 aliphatic rings. The van der Waals surface area contributed by atoms with Gasteiger partial charge in [0.1, 0.15) is 0 Å². The molecule has 0 radical (unpaired) electrons. The van der Waals surface area contributed by atoms with Crippen LogP contribution in [0.1, 0.15) is 11.1 Å². The summed E-state index contributed by atoms with van der Waals surface area (Å²) in [4.78, 5) is 10.4. The van der Waals surface area contributed by atoms with E-state index in [0.717, 1.165) is 29.6 Å². The minimum atomic E-state index is 0.721. The predicted molar refractivity (Wildman–Crippen MR) is 78.4 cm³/mol. The lowest BCUT2D eigenvalue weighted by Gasteiger charge is -2.10.